The lowest BCUT2D eigenvalue weighted by atomic mass is 10.1. The van der Waals surface area contributed by atoms with E-state index >= 15 is 0 Å². The summed E-state index contributed by atoms with van der Waals surface area (Å²) in [7, 11) is 0. The molecule has 3 rings (SSSR count). The fourth-order valence-electron chi connectivity index (χ4n) is 2.40. The number of fused-ring (bicyclic) bond motifs is 2. The molecule has 0 aliphatic heterocycles. The molecule has 1 aromatic heterocycles. The molecule has 7 heteroatoms. The van der Waals surface area contributed by atoms with Gasteiger partial charge in [-0.05, 0) is 24.3 Å². The highest BCUT2D eigenvalue weighted by Crippen LogP contribution is 2.27. The first kappa shape index (κ1) is 17.8. The fraction of sp³-hybridized carbons (Fsp3) is 0.105. The van der Waals surface area contributed by atoms with Crippen LogP contribution < -0.4 is 5.43 Å². The number of ether oxygens (including phenoxy) is 1. The quantitative estimate of drug-likeness (QED) is 0.171. The van der Waals surface area contributed by atoms with Gasteiger partial charge >= 0.3 is 11.9 Å². The van der Waals surface area contributed by atoms with Crippen molar-refractivity contribution in [2.45, 2.75) is 13.2 Å². The molecular weight excluding hydrogens is 356 g/mol. The molecular formula is C19H14O6S. The Labute approximate surface area is 152 Å². The molecule has 1 atom stereocenters. The van der Waals surface area contributed by atoms with E-state index < -0.39 is 18.2 Å². The third-order valence-electron chi connectivity index (χ3n) is 3.53. The number of hydrogen-bond acceptors (Lipinski definition) is 7. The minimum absolute atomic E-state index is 0.125. The van der Waals surface area contributed by atoms with E-state index in [0.29, 0.717) is 10.1 Å². The standard InChI is InChI=1S/C19H14O6S/c1-3-16(20)25-24-11(2)23-19(22)13-8-6-10-15-17(13)18(21)12-7-4-5-9-14(12)26-15/h3-11H,1H2,2H3. The molecule has 0 radical (unpaired) electrons. The summed E-state index contributed by atoms with van der Waals surface area (Å²) in [6.45, 7) is 4.60. The van der Waals surface area contributed by atoms with Gasteiger partial charge in [0.25, 0.3) is 0 Å². The van der Waals surface area contributed by atoms with Crippen LogP contribution in [-0.2, 0) is 19.3 Å². The van der Waals surface area contributed by atoms with E-state index in [-0.39, 0.29) is 16.4 Å². The van der Waals surface area contributed by atoms with Gasteiger partial charge in [0, 0.05) is 27.8 Å². The van der Waals surface area contributed by atoms with Crippen LogP contribution in [0, 0.1) is 0 Å². The van der Waals surface area contributed by atoms with Crippen LogP contribution in [0.4, 0.5) is 0 Å². The molecule has 0 amide bonds. The Morgan fingerprint density at radius 1 is 1.12 bits per heavy atom. The van der Waals surface area contributed by atoms with Gasteiger partial charge in [-0.1, -0.05) is 24.8 Å². The average Bonchev–Trinajstić information content (AvgIpc) is 2.65. The van der Waals surface area contributed by atoms with Crippen LogP contribution in [0.15, 0.2) is 59.9 Å². The summed E-state index contributed by atoms with van der Waals surface area (Å²) in [6.07, 6.45) is -0.240. The van der Waals surface area contributed by atoms with E-state index in [2.05, 4.69) is 16.4 Å². The second kappa shape index (κ2) is 7.47. The second-order valence-corrected chi connectivity index (χ2v) is 6.37. The second-order valence-electron chi connectivity index (χ2n) is 5.28. The van der Waals surface area contributed by atoms with E-state index in [0.717, 1.165) is 10.8 Å². The van der Waals surface area contributed by atoms with E-state index in [1.165, 1.54) is 24.3 Å². The molecule has 1 heterocycles. The van der Waals surface area contributed by atoms with E-state index in [9.17, 15) is 14.4 Å². The highest BCUT2D eigenvalue weighted by Gasteiger charge is 2.19. The van der Waals surface area contributed by atoms with Crippen molar-refractivity contribution < 1.29 is 24.1 Å². The highest BCUT2D eigenvalue weighted by atomic mass is 32.1. The van der Waals surface area contributed by atoms with Gasteiger partial charge in [0.2, 0.25) is 6.29 Å². The largest absolute Gasteiger partial charge is 0.428 e. The Morgan fingerprint density at radius 3 is 2.62 bits per heavy atom. The van der Waals surface area contributed by atoms with Crippen LogP contribution in [-0.4, -0.2) is 18.2 Å². The molecule has 2 aromatic carbocycles. The van der Waals surface area contributed by atoms with Gasteiger partial charge in [0.15, 0.2) is 5.43 Å². The van der Waals surface area contributed by atoms with Gasteiger partial charge in [-0.25, -0.2) is 9.59 Å². The number of carbonyl (C=O) groups is 2. The van der Waals surface area contributed by atoms with Crippen LogP contribution in [0.1, 0.15) is 17.3 Å². The van der Waals surface area contributed by atoms with Crippen molar-refractivity contribution in [3.8, 4) is 0 Å². The Morgan fingerprint density at radius 2 is 1.85 bits per heavy atom. The number of benzene rings is 2. The topological polar surface area (TPSA) is 78.9 Å². The number of hydrogen-bond donors (Lipinski definition) is 0. The van der Waals surface area contributed by atoms with Gasteiger partial charge in [-0.3, -0.25) is 9.68 Å². The smallest absolute Gasteiger partial charge is 0.365 e. The van der Waals surface area contributed by atoms with Crippen molar-refractivity contribution in [1.82, 2.24) is 0 Å². The Bertz CT molecular complexity index is 1070. The lowest BCUT2D eigenvalue weighted by Crippen LogP contribution is -2.21. The summed E-state index contributed by atoms with van der Waals surface area (Å²) in [5.41, 5.74) is -0.117. The molecule has 0 aliphatic rings. The molecule has 1 unspecified atom stereocenters. The summed E-state index contributed by atoms with van der Waals surface area (Å²) in [5, 5.41) is 0.825. The summed E-state index contributed by atoms with van der Waals surface area (Å²) in [4.78, 5) is 45.3. The Hall–Kier alpha value is -3.03. The number of esters is 1. The molecule has 0 spiro atoms. The van der Waals surface area contributed by atoms with Crippen molar-refractivity contribution >= 4 is 43.4 Å². The van der Waals surface area contributed by atoms with Crippen molar-refractivity contribution in [3.63, 3.8) is 0 Å². The van der Waals surface area contributed by atoms with Crippen molar-refractivity contribution in [1.29, 1.82) is 0 Å². The predicted octanol–water partition coefficient (Wildman–Crippen LogP) is 3.58. The van der Waals surface area contributed by atoms with Crippen molar-refractivity contribution in [2.75, 3.05) is 0 Å². The van der Waals surface area contributed by atoms with E-state index in [1.807, 2.05) is 12.1 Å². The first-order valence-corrected chi connectivity index (χ1v) is 8.48. The SMILES string of the molecule is C=CC(=O)OOC(C)OC(=O)c1cccc2sc3ccccc3c(=O)c12. The normalized spacial score (nSPS) is 11.9. The number of rotatable bonds is 5. The predicted molar refractivity (Wildman–Crippen MR) is 97.9 cm³/mol. The third-order valence-corrected chi connectivity index (χ3v) is 4.67. The zero-order chi connectivity index (χ0) is 18.7. The summed E-state index contributed by atoms with van der Waals surface area (Å²) < 4.78 is 6.61. The molecule has 0 N–H and O–H groups in total. The average molecular weight is 370 g/mol. The monoisotopic (exact) mass is 370 g/mol. The summed E-state index contributed by atoms with van der Waals surface area (Å²) in [6, 6.07) is 12.2. The summed E-state index contributed by atoms with van der Waals surface area (Å²) >= 11 is 1.41. The molecule has 0 saturated carbocycles. The highest BCUT2D eigenvalue weighted by molar-refractivity contribution is 7.24. The van der Waals surface area contributed by atoms with Gasteiger partial charge in [0.05, 0.1) is 10.9 Å². The van der Waals surface area contributed by atoms with Crippen LogP contribution in [0.25, 0.3) is 20.2 Å². The van der Waals surface area contributed by atoms with E-state index in [1.54, 1.807) is 24.3 Å². The Kier molecular flexibility index (Phi) is 5.11. The van der Waals surface area contributed by atoms with Gasteiger partial charge in [0.1, 0.15) is 0 Å². The molecule has 0 bridgehead atoms. The summed E-state index contributed by atoms with van der Waals surface area (Å²) in [5.74, 6) is -1.56. The molecule has 132 valence electrons. The molecule has 6 nitrogen and oxygen atoms in total. The molecule has 26 heavy (non-hydrogen) atoms. The fourth-order valence-corrected chi connectivity index (χ4v) is 3.51. The number of carbonyl (C=O) groups excluding carboxylic acids is 2. The van der Waals surface area contributed by atoms with Crippen LogP contribution in [0.5, 0.6) is 0 Å². The molecule has 0 saturated heterocycles. The zero-order valence-corrected chi connectivity index (χ0v) is 14.6. The van der Waals surface area contributed by atoms with Gasteiger partial charge in [-0.2, -0.15) is 0 Å². The minimum Gasteiger partial charge on any atom is -0.428 e. The molecule has 0 aliphatic carbocycles. The zero-order valence-electron chi connectivity index (χ0n) is 13.8. The minimum atomic E-state index is -1.15. The van der Waals surface area contributed by atoms with Crippen molar-refractivity contribution in [3.05, 3.63) is 70.9 Å². The maximum atomic E-state index is 12.8. The van der Waals surface area contributed by atoms with Crippen LogP contribution >= 0.6 is 11.3 Å². The van der Waals surface area contributed by atoms with Crippen LogP contribution in [0.3, 0.4) is 0 Å². The first-order valence-electron chi connectivity index (χ1n) is 7.66. The lowest BCUT2D eigenvalue weighted by Gasteiger charge is -2.12. The maximum Gasteiger partial charge on any atom is 0.365 e. The first-order chi connectivity index (χ1) is 12.5. The van der Waals surface area contributed by atoms with Crippen LogP contribution in [0.2, 0.25) is 0 Å². The lowest BCUT2D eigenvalue weighted by molar-refractivity contribution is -0.332. The third kappa shape index (κ3) is 3.49. The van der Waals surface area contributed by atoms with Gasteiger partial charge in [-0.15, -0.1) is 16.2 Å². The molecule has 3 aromatic rings. The van der Waals surface area contributed by atoms with E-state index in [4.69, 9.17) is 4.74 Å². The van der Waals surface area contributed by atoms with Gasteiger partial charge < -0.3 is 4.74 Å². The van der Waals surface area contributed by atoms with Crippen molar-refractivity contribution in [2.24, 2.45) is 0 Å². The Balaban J connectivity index is 1.96. The maximum absolute atomic E-state index is 12.8. The molecule has 0 fully saturated rings.